The van der Waals surface area contributed by atoms with E-state index >= 15 is 0 Å². The third kappa shape index (κ3) is 8.29. The van der Waals surface area contributed by atoms with Crippen LogP contribution >= 0.6 is 11.8 Å². The highest BCUT2D eigenvalue weighted by Crippen LogP contribution is 2.09. The molecule has 0 spiro atoms. The third-order valence-electron chi connectivity index (χ3n) is 4.41. The van der Waals surface area contributed by atoms with E-state index in [9.17, 15) is 14.4 Å². The fourth-order valence-corrected chi connectivity index (χ4v) is 3.37. The molecule has 7 heteroatoms. The van der Waals surface area contributed by atoms with Gasteiger partial charge in [-0.05, 0) is 29.6 Å². The van der Waals surface area contributed by atoms with Gasteiger partial charge < -0.3 is 15.4 Å². The second kappa shape index (κ2) is 12.7. The van der Waals surface area contributed by atoms with Crippen LogP contribution < -0.4 is 10.6 Å². The van der Waals surface area contributed by atoms with Gasteiger partial charge in [-0.1, -0.05) is 60.7 Å². The van der Waals surface area contributed by atoms with E-state index in [1.54, 1.807) is 11.8 Å². The SMILES string of the molecule is CSCC[C@@H](NC(C)=O)C(=O)N[C@@H](Cc1ccccc1)C(=O)OCc1ccccc1. The standard InChI is InChI=1S/C23H28N2O4S/c1-17(26)24-20(13-14-30-2)22(27)25-21(15-18-9-5-3-6-10-18)23(28)29-16-19-11-7-4-8-12-19/h3-12,20-21H,13-16H2,1-2H3,(H,24,26)(H,25,27)/t20-,21+/m1/s1. The monoisotopic (exact) mass is 428 g/mol. The molecular weight excluding hydrogens is 400 g/mol. The summed E-state index contributed by atoms with van der Waals surface area (Å²) in [6.45, 7) is 1.50. The van der Waals surface area contributed by atoms with Crippen LogP contribution in [0.2, 0.25) is 0 Å². The van der Waals surface area contributed by atoms with Crippen molar-refractivity contribution in [1.82, 2.24) is 10.6 Å². The first-order valence-electron chi connectivity index (χ1n) is 9.80. The Morgan fingerprint density at radius 3 is 2.07 bits per heavy atom. The highest BCUT2D eigenvalue weighted by molar-refractivity contribution is 7.98. The molecule has 30 heavy (non-hydrogen) atoms. The van der Waals surface area contributed by atoms with Crippen molar-refractivity contribution >= 4 is 29.5 Å². The summed E-state index contributed by atoms with van der Waals surface area (Å²) in [5.74, 6) is -0.484. The van der Waals surface area contributed by atoms with E-state index in [-0.39, 0.29) is 12.5 Å². The van der Waals surface area contributed by atoms with Crippen LogP contribution in [-0.4, -0.2) is 41.9 Å². The van der Waals surface area contributed by atoms with Crippen molar-refractivity contribution in [2.24, 2.45) is 0 Å². The van der Waals surface area contributed by atoms with Gasteiger partial charge in [0.2, 0.25) is 11.8 Å². The summed E-state index contributed by atoms with van der Waals surface area (Å²) in [6.07, 6.45) is 2.71. The van der Waals surface area contributed by atoms with E-state index in [1.165, 1.54) is 6.92 Å². The van der Waals surface area contributed by atoms with E-state index in [0.717, 1.165) is 11.1 Å². The number of hydrogen-bond donors (Lipinski definition) is 2. The molecule has 2 aromatic rings. The maximum absolute atomic E-state index is 12.8. The summed E-state index contributed by atoms with van der Waals surface area (Å²) in [7, 11) is 0. The Morgan fingerprint density at radius 1 is 0.900 bits per heavy atom. The first-order valence-corrected chi connectivity index (χ1v) is 11.2. The molecule has 0 saturated carbocycles. The lowest BCUT2D eigenvalue weighted by molar-refractivity contribution is -0.149. The number of carbonyl (C=O) groups excluding carboxylic acids is 3. The Hall–Kier alpha value is -2.80. The van der Waals surface area contributed by atoms with Crippen LogP contribution in [0.5, 0.6) is 0 Å². The number of benzene rings is 2. The van der Waals surface area contributed by atoms with Crippen LogP contribution in [0.1, 0.15) is 24.5 Å². The molecule has 0 aliphatic heterocycles. The molecule has 0 bridgehead atoms. The first kappa shape index (κ1) is 23.5. The lowest BCUT2D eigenvalue weighted by Crippen LogP contribution is -2.52. The molecule has 0 unspecified atom stereocenters. The van der Waals surface area contributed by atoms with E-state index in [0.29, 0.717) is 18.6 Å². The lowest BCUT2D eigenvalue weighted by Gasteiger charge is -2.22. The molecule has 2 rings (SSSR count). The Balaban J connectivity index is 2.09. The number of carbonyl (C=O) groups is 3. The molecule has 0 saturated heterocycles. The van der Waals surface area contributed by atoms with Crippen molar-refractivity contribution in [2.75, 3.05) is 12.0 Å². The van der Waals surface area contributed by atoms with Crippen LogP contribution in [0.15, 0.2) is 60.7 Å². The van der Waals surface area contributed by atoms with Crippen LogP contribution in [0.4, 0.5) is 0 Å². The number of esters is 1. The molecular formula is C23H28N2O4S. The molecule has 0 aliphatic rings. The van der Waals surface area contributed by atoms with Gasteiger partial charge in [-0.2, -0.15) is 11.8 Å². The number of ether oxygens (including phenoxy) is 1. The molecule has 2 amide bonds. The molecule has 0 fully saturated rings. The molecule has 0 heterocycles. The number of amides is 2. The summed E-state index contributed by atoms with van der Waals surface area (Å²) in [6, 6.07) is 17.2. The van der Waals surface area contributed by atoms with Gasteiger partial charge in [0.15, 0.2) is 0 Å². The second-order valence-corrected chi connectivity index (χ2v) is 7.86. The minimum Gasteiger partial charge on any atom is -0.459 e. The zero-order chi connectivity index (χ0) is 21.8. The first-order chi connectivity index (χ1) is 14.5. The minimum absolute atomic E-state index is 0.127. The zero-order valence-corrected chi connectivity index (χ0v) is 18.1. The normalized spacial score (nSPS) is 12.5. The average molecular weight is 429 g/mol. The quantitative estimate of drug-likeness (QED) is 0.538. The molecule has 2 N–H and O–H groups in total. The molecule has 6 nitrogen and oxygen atoms in total. The van der Waals surface area contributed by atoms with Gasteiger partial charge in [-0.15, -0.1) is 0 Å². The highest BCUT2D eigenvalue weighted by atomic mass is 32.2. The Morgan fingerprint density at radius 2 is 1.50 bits per heavy atom. The van der Waals surface area contributed by atoms with Gasteiger partial charge >= 0.3 is 5.97 Å². The van der Waals surface area contributed by atoms with Gasteiger partial charge in [0, 0.05) is 13.3 Å². The second-order valence-electron chi connectivity index (χ2n) is 6.88. The van der Waals surface area contributed by atoms with E-state index in [2.05, 4.69) is 10.6 Å². The van der Waals surface area contributed by atoms with Gasteiger partial charge in [-0.3, -0.25) is 9.59 Å². The molecule has 2 aromatic carbocycles. The molecule has 0 aromatic heterocycles. The van der Waals surface area contributed by atoms with Crippen molar-refractivity contribution in [3.8, 4) is 0 Å². The fourth-order valence-electron chi connectivity index (χ4n) is 2.89. The molecule has 0 radical (unpaired) electrons. The smallest absolute Gasteiger partial charge is 0.329 e. The summed E-state index contributed by atoms with van der Waals surface area (Å²) in [5.41, 5.74) is 1.77. The Labute approximate surface area is 181 Å². The van der Waals surface area contributed by atoms with Crippen molar-refractivity contribution in [1.29, 1.82) is 0 Å². The zero-order valence-electron chi connectivity index (χ0n) is 17.3. The van der Waals surface area contributed by atoms with Crippen molar-refractivity contribution in [2.45, 2.75) is 38.5 Å². The Kier molecular flexibility index (Phi) is 9.94. The van der Waals surface area contributed by atoms with Crippen molar-refractivity contribution in [3.05, 3.63) is 71.8 Å². The largest absolute Gasteiger partial charge is 0.459 e. The van der Waals surface area contributed by atoms with Gasteiger partial charge in [0.1, 0.15) is 18.7 Å². The molecule has 2 atom stereocenters. The predicted molar refractivity (Wildman–Crippen MR) is 119 cm³/mol. The van der Waals surface area contributed by atoms with E-state index in [1.807, 2.05) is 66.9 Å². The molecule has 160 valence electrons. The maximum Gasteiger partial charge on any atom is 0.329 e. The average Bonchev–Trinajstić information content (AvgIpc) is 2.75. The molecule has 0 aliphatic carbocycles. The minimum atomic E-state index is -0.853. The highest BCUT2D eigenvalue weighted by Gasteiger charge is 2.27. The predicted octanol–water partition coefficient (Wildman–Crippen LogP) is 2.72. The number of thioether (sulfide) groups is 1. The van der Waals surface area contributed by atoms with Gasteiger partial charge in [-0.25, -0.2) is 4.79 Å². The summed E-state index contributed by atoms with van der Waals surface area (Å²) >= 11 is 1.59. The topological polar surface area (TPSA) is 84.5 Å². The third-order valence-corrected chi connectivity index (χ3v) is 5.06. The number of hydrogen-bond acceptors (Lipinski definition) is 5. The lowest BCUT2D eigenvalue weighted by atomic mass is 10.1. The summed E-state index contributed by atoms with van der Waals surface area (Å²) in [4.78, 5) is 37.1. The van der Waals surface area contributed by atoms with E-state index in [4.69, 9.17) is 4.74 Å². The Bertz CT molecular complexity index is 814. The van der Waals surface area contributed by atoms with E-state index < -0.39 is 24.0 Å². The summed E-state index contributed by atoms with van der Waals surface area (Å²) in [5, 5.41) is 5.44. The number of nitrogens with one attached hydrogen (secondary N) is 2. The fraction of sp³-hybridized carbons (Fsp3) is 0.348. The van der Waals surface area contributed by atoms with Crippen molar-refractivity contribution < 1.29 is 19.1 Å². The van der Waals surface area contributed by atoms with Crippen LogP contribution in [0, 0.1) is 0 Å². The van der Waals surface area contributed by atoms with Crippen molar-refractivity contribution in [3.63, 3.8) is 0 Å². The summed E-state index contributed by atoms with van der Waals surface area (Å²) < 4.78 is 5.46. The number of rotatable bonds is 11. The van der Waals surface area contributed by atoms with Crippen LogP contribution in [0.25, 0.3) is 0 Å². The van der Waals surface area contributed by atoms with Gasteiger partial charge in [0.25, 0.3) is 0 Å². The maximum atomic E-state index is 12.8. The van der Waals surface area contributed by atoms with Crippen LogP contribution in [-0.2, 0) is 32.1 Å². The van der Waals surface area contributed by atoms with Gasteiger partial charge in [0.05, 0.1) is 0 Å². The van der Waals surface area contributed by atoms with Crippen LogP contribution in [0.3, 0.4) is 0 Å².